The van der Waals surface area contributed by atoms with Gasteiger partial charge in [0.15, 0.2) is 23.3 Å². The minimum atomic E-state index is -1.04. The number of aryl methyl sites for hydroxylation is 1. The summed E-state index contributed by atoms with van der Waals surface area (Å²) in [6, 6.07) is 11.9. The third-order valence-electron chi connectivity index (χ3n) is 4.84. The molecule has 0 atom stereocenters. The zero-order valence-electron chi connectivity index (χ0n) is 16.3. The third kappa shape index (κ3) is 4.30. The summed E-state index contributed by atoms with van der Waals surface area (Å²) in [6.45, 7) is 1.69. The van der Waals surface area contributed by atoms with Gasteiger partial charge in [-0.1, -0.05) is 18.2 Å². The highest BCUT2D eigenvalue weighted by atomic mass is 19.2. The Morgan fingerprint density at radius 2 is 1.45 bits per heavy atom. The van der Waals surface area contributed by atoms with Crippen molar-refractivity contribution in [1.29, 1.82) is 0 Å². The lowest BCUT2D eigenvalue weighted by atomic mass is 10.0. The van der Waals surface area contributed by atoms with Gasteiger partial charge in [-0.25, -0.2) is 22.4 Å². The van der Waals surface area contributed by atoms with E-state index in [9.17, 15) is 22.4 Å². The summed E-state index contributed by atoms with van der Waals surface area (Å²) in [4.78, 5) is 12.7. The minimum absolute atomic E-state index is 0.0730. The maximum atomic E-state index is 13.6. The van der Waals surface area contributed by atoms with Gasteiger partial charge < -0.3 is 9.15 Å². The molecule has 4 aromatic rings. The molecular weight excluding hydrogens is 412 g/mol. The van der Waals surface area contributed by atoms with Gasteiger partial charge in [-0.3, -0.25) is 0 Å². The molecule has 0 aliphatic carbocycles. The van der Waals surface area contributed by atoms with Gasteiger partial charge in [-0.15, -0.1) is 0 Å². The second kappa shape index (κ2) is 8.26. The topological polar surface area (TPSA) is 39.4 Å². The van der Waals surface area contributed by atoms with Crippen LogP contribution in [0.3, 0.4) is 0 Å². The van der Waals surface area contributed by atoms with E-state index < -0.39 is 28.9 Å². The largest absolute Gasteiger partial charge is 0.488 e. The smallest absolute Gasteiger partial charge is 0.343 e. The maximum absolute atomic E-state index is 13.6. The summed E-state index contributed by atoms with van der Waals surface area (Å²) in [7, 11) is 0. The Hall–Kier alpha value is -3.61. The second-order valence-corrected chi connectivity index (χ2v) is 7.16. The van der Waals surface area contributed by atoms with E-state index in [2.05, 4.69) is 0 Å². The van der Waals surface area contributed by atoms with Gasteiger partial charge in [0.05, 0.1) is 10.9 Å². The molecule has 4 rings (SSSR count). The molecule has 0 amide bonds. The summed E-state index contributed by atoms with van der Waals surface area (Å²) >= 11 is 0. The SMILES string of the molecule is Cc1ccc2c(OCc3ccc(F)c(F)c3)c(Cc3ccc(F)c(F)c3)c(=O)oc2c1. The maximum Gasteiger partial charge on any atom is 0.343 e. The Bertz CT molecular complexity index is 1340. The Morgan fingerprint density at radius 3 is 2.13 bits per heavy atom. The summed E-state index contributed by atoms with van der Waals surface area (Å²) < 4.78 is 64.9. The first kappa shape index (κ1) is 20.7. The molecule has 7 heteroatoms. The summed E-state index contributed by atoms with van der Waals surface area (Å²) in [5.41, 5.74) is 1.25. The minimum Gasteiger partial charge on any atom is -0.488 e. The van der Waals surface area contributed by atoms with Crippen molar-refractivity contribution in [1.82, 2.24) is 0 Å². The van der Waals surface area contributed by atoms with Crippen LogP contribution in [0, 0.1) is 30.2 Å². The van der Waals surface area contributed by atoms with Crippen molar-refractivity contribution < 1.29 is 26.7 Å². The third-order valence-corrected chi connectivity index (χ3v) is 4.84. The normalized spacial score (nSPS) is 11.1. The molecule has 0 aliphatic heterocycles. The van der Waals surface area contributed by atoms with E-state index in [-0.39, 0.29) is 24.3 Å². The fraction of sp³-hybridized carbons (Fsp3) is 0.125. The number of halogens is 4. The molecule has 0 saturated carbocycles. The van der Waals surface area contributed by atoms with E-state index in [1.165, 1.54) is 12.1 Å². The Balaban J connectivity index is 1.79. The number of rotatable bonds is 5. The predicted octanol–water partition coefficient (Wildman–Crippen LogP) is 5.83. The quantitative estimate of drug-likeness (QED) is 0.297. The molecule has 0 unspecified atom stereocenters. The molecule has 0 N–H and O–H groups in total. The van der Waals surface area contributed by atoms with Crippen LogP contribution in [-0.4, -0.2) is 0 Å². The lowest BCUT2D eigenvalue weighted by Gasteiger charge is -2.14. The molecule has 158 valence electrons. The molecule has 0 radical (unpaired) electrons. The van der Waals surface area contributed by atoms with Crippen LogP contribution in [0.15, 0.2) is 63.8 Å². The summed E-state index contributed by atoms with van der Waals surface area (Å²) in [5.74, 6) is -3.86. The van der Waals surface area contributed by atoms with Crippen molar-refractivity contribution in [3.63, 3.8) is 0 Å². The zero-order chi connectivity index (χ0) is 22.1. The van der Waals surface area contributed by atoms with Crippen LogP contribution in [0.1, 0.15) is 22.3 Å². The van der Waals surface area contributed by atoms with Gasteiger partial charge in [0.2, 0.25) is 0 Å². The van der Waals surface area contributed by atoms with Crippen LogP contribution in [0.25, 0.3) is 11.0 Å². The highest BCUT2D eigenvalue weighted by Gasteiger charge is 2.18. The van der Waals surface area contributed by atoms with E-state index in [0.717, 1.165) is 29.8 Å². The van der Waals surface area contributed by atoms with Crippen molar-refractivity contribution in [2.45, 2.75) is 20.0 Å². The first-order valence-corrected chi connectivity index (χ1v) is 9.39. The van der Waals surface area contributed by atoms with Crippen LogP contribution < -0.4 is 10.4 Å². The number of benzene rings is 3. The molecule has 0 aliphatic rings. The second-order valence-electron chi connectivity index (χ2n) is 7.16. The van der Waals surface area contributed by atoms with Crippen molar-refractivity contribution in [2.75, 3.05) is 0 Å². The first-order chi connectivity index (χ1) is 14.8. The highest BCUT2D eigenvalue weighted by molar-refractivity contribution is 5.85. The molecule has 31 heavy (non-hydrogen) atoms. The molecule has 0 bridgehead atoms. The van der Waals surface area contributed by atoms with Crippen molar-refractivity contribution in [3.8, 4) is 5.75 Å². The standard InChI is InChI=1S/C24H16F4O3/c1-13-2-5-16-22(8-13)31-24(29)17(9-14-3-6-18(25)20(27)10-14)23(16)30-12-15-4-7-19(26)21(28)11-15/h2-8,10-11H,9,12H2,1H3. The van der Waals surface area contributed by atoms with Gasteiger partial charge in [0, 0.05) is 6.42 Å². The van der Waals surface area contributed by atoms with Gasteiger partial charge in [-0.2, -0.15) is 0 Å². The van der Waals surface area contributed by atoms with Gasteiger partial charge in [0.1, 0.15) is 17.9 Å². The number of fused-ring (bicyclic) bond motifs is 1. The molecule has 3 aromatic carbocycles. The molecule has 0 spiro atoms. The zero-order valence-corrected chi connectivity index (χ0v) is 16.3. The molecular formula is C24H16F4O3. The van der Waals surface area contributed by atoms with E-state index in [4.69, 9.17) is 9.15 Å². The number of hydrogen-bond donors (Lipinski definition) is 0. The fourth-order valence-electron chi connectivity index (χ4n) is 3.27. The van der Waals surface area contributed by atoms with Crippen LogP contribution in [0.4, 0.5) is 17.6 Å². The average molecular weight is 428 g/mol. The average Bonchev–Trinajstić information content (AvgIpc) is 2.73. The lowest BCUT2D eigenvalue weighted by molar-refractivity contribution is 0.303. The van der Waals surface area contributed by atoms with Gasteiger partial charge in [0.25, 0.3) is 0 Å². The van der Waals surface area contributed by atoms with Crippen molar-refractivity contribution in [2.24, 2.45) is 0 Å². The number of ether oxygens (including phenoxy) is 1. The molecule has 0 saturated heterocycles. The first-order valence-electron chi connectivity index (χ1n) is 9.39. The Labute approximate surface area is 174 Å². The molecule has 0 fully saturated rings. The lowest BCUT2D eigenvalue weighted by Crippen LogP contribution is -2.12. The van der Waals surface area contributed by atoms with Crippen LogP contribution in [-0.2, 0) is 13.0 Å². The molecule has 1 aromatic heterocycles. The van der Waals surface area contributed by atoms with Crippen molar-refractivity contribution >= 4 is 11.0 Å². The monoisotopic (exact) mass is 428 g/mol. The van der Waals surface area contributed by atoms with Crippen LogP contribution in [0.5, 0.6) is 5.75 Å². The van der Waals surface area contributed by atoms with Gasteiger partial charge in [-0.05, 0) is 60.0 Å². The van der Waals surface area contributed by atoms with Crippen LogP contribution in [0.2, 0.25) is 0 Å². The van der Waals surface area contributed by atoms with Crippen LogP contribution >= 0.6 is 0 Å². The summed E-state index contributed by atoms with van der Waals surface area (Å²) in [6.07, 6.45) is -0.0730. The van der Waals surface area contributed by atoms with E-state index in [1.54, 1.807) is 18.2 Å². The van der Waals surface area contributed by atoms with Gasteiger partial charge >= 0.3 is 5.63 Å². The van der Waals surface area contributed by atoms with E-state index >= 15 is 0 Å². The fourth-order valence-corrected chi connectivity index (χ4v) is 3.27. The number of hydrogen-bond acceptors (Lipinski definition) is 3. The van der Waals surface area contributed by atoms with E-state index in [1.807, 2.05) is 6.92 Å². The Kier molecular flexibility index (Phi) is 5.50. The Morgan fingerprint density at radius 1 is 0.806 bits per heavy atom. The summed E-state index contributed by atoms with van der Waals surface area (Å²) in [5, 5.41) is 0.491. The molecule has 1 heterocycles. The predicted molar refractivity (Wildman–Crippen MR) is 107 cm³/mol. The van der Waals surface area contributed by atoms with Crippen molar-refractivity contribution in [3.05, 3.63) is 111 Å². The molecule has 3 nitrogen and oxygen atoms in total. The highest BCUT2D eigenvalue weighted by Crippen LogP contribution is 2.31. The van der Waals surface area contributed by atoms with E-state index in [0.29, 0.717) is 22.1 Å².